The molecule has 0 spiro atoms. The highest BCUT2D eigenvalue weighted by Gasteiger charge is 2.23. The summed E-state index contributed by atoms with van der Waals surface area (Å²) in [6.07, 6.45) is 2.41. The van der Waals surface area contributed by atoms with E-state index in [0.717, 1.165) is 38.6 Å². The van der Waals surface area contributed by atoms with E-state index in [4.69, 9.17) is 4.98 Å². The van der Waals surface area contributed by atoms with E-state index in [2.05, 4.69) is 4.98 Å². The minimum atomic E-state index is -0.177. The molecule has 0 aliphatic heterocycles. The summed E-state index contributed by atoms with van der Waals surface area (Å²) >= 11 is 0. The largest absolute Gasteiger partial charge is 0.255 e. The van der Waals surface area contributed by atoms with Gasteiger partial charge in [-0.15, -0.1) is 0 Å². The number of rotatable bonds is 0. The second-order valence-corrected chi connectivity index (χ2v) is 5.61. The predicted octanol–water partition coefficient (Wildman–Crippen LogP) is 4.49. The van der Waals surface area contributed by atoms with Gasteiger partial charge in [0.05, 0.1) is 16.7 Å². The van der Waals surface area contributed by atoms with Crippen LogP contribution < -0.4 is 0 Å². The summed E-state index contributed by atoms with van der Waals surface area (Å²) in [5, 5.41) is 2.00. The zero-order valence-electron chi connectivity index (χ0n) is 11.7. The van der Waals surface area contributed by atoms with Crippen LogP contribution in [0.3, 0.4) is 0 Å². The number of aromatic nitrogens is 2. The van der Waals surface area contributed by atoms with Crippen LogP contribution in [0.2, 0.25) is 0 Å². The molecule has 0 saturated heterocycles. The van der Waals surface area contributed by atoms with E-state index in [1.165, 1.54) is 6.07 Å². The van der Waals surface area contributed by atoms with Crippen molar-refractivity contribution >= 4 is 21.8 Å². The zero-order chi connectivity index (χ0) is 14.7. The first-order valence-corrected chi connectivity index (χ1v) is 7.27. The van der Waals surface area contributed by atoms with E-state index in [9.17, 15) is 4.39 Å². The van der Waals surface area contributed by atoms with Crippen molar-refractivity contribution in [2.24, 2.45) is 0 Å². The molecule has 0 bridgehead atoms. The predicted molar refractivity (Wildman–Crippen MR) is 85.2 cm³/mol. The Kier molecular flexibility index (Phi) is 2.20. The SMILES string of the molecule is Fc1cccc2c1-c1ccnc3c1c(nc1ccccc13)C2. The molecule has 2 aromatic carbocycles. The van der Waals surface area contributed by atoms with Crippen LogP contribution in [-0.2, 0) is 6.42 Å². The number of halogens is 1. The molecular formula is C19H11FN2. The highest BCUT2D eigenvalue weighted by Crippen LogP contribution is 2.40. The highest BCUT2D eigenvalue weighted by atomic mass is 19.1. The Morgan fingerprint density at radius 1 is 0.955 bits per heavy atom. The summed E-state index contributed by atoms with van der Waals surface area (Å²) in [4.78, 5) is 9.35. The zero-order valence-corrected chi connectivity index (χ0v) is 11.7. The molecule has 1 aliphatic rings. The number of hydrogen-bond donors (Lipinski definition) is 0. The van der Waals surface area contributed by atoms with E-state index in [1.807, 2.05) is 36.4 Å². The maximum atomic E-state index is 14.4. The molecule has 0 fully saturated rings. The van der Waals surface area contributed by atoms with Gasteiger partial charge in [0.15, 0.2) is 0 Å². The van der Waals surface area contributed by atoms with Gasteiger partial charge in [-0.3, -0.25) is 9.97 Å². The second-order valence-electron chi connectivity index (χ2n) is 5.61. The third-order valence-electron chi connectivity index (χ3n) is 4.38. The first-order chi connectivity index (χ1) is 10.8. The summed E-state index contributed by atoms with van der Waals surface area (Å²) in [7, 11) is 0. The molecule has 4 aromatic rings. The molecule has 1 aliphatic carbocycles. The van der Waals surface area contributed by atoms with Crippen LogP contribution >= 0.6 is 0 Å². The molecule has 2 heterocycles. The van der Waals surface area contributed by atoms with Crippen molar-refractivity contribution in [3.05, 3.63) is 71.8 Å². The van der Waals surface area contributed by atoms with Gasteiger partial charge in [0.1, 0.15) is 5.82 Å². The van der Waals surface area contributed by atoms with E-state index in [0.29, 0.717) is 12.0 Å². The van der Waals surface area contributed by atoms with E-state index in [1.54, 1.807) is 12.3 Å². The number of benzene rings is 2. The Morgan fingerprint density at radius 3 is 2.82 bits per heavy atom. The lowest BCUT2D eigenvalue weighted by Crippen LogP contribution is -2.06. The van der Waals surface area contributed by atoms with Crippen molar-refractivity contribution in [1.82, 2.24) is 9.97 Å². The van der Waals surface area contributed by atoms with Crippen molar-refractivity contribution in [1.29, 1.82) is 0 Å². The van der Waals surface area contributed by atoms with Crippen LogP contribution in [0.25, 0.3) is 32.9 Å². The summed E-state index contributed by atoms with van der Waals surface area (Å²) in [6.45, 7) is 0. The van der Waals surface area contributed by atoms with Crippen molar-refractivity contribution in [2.45, 2.75) is 6.42 Å². The normalized spacial score (nSPS) is 12.6. The molecular weight excluding hydrogens is 275 g/mol. The highest BCUT2D eigenvalue weighted by molar-refractivity contribution is 6.10. The Morgan fingerprint density at radius 2 is 1.86 bits per heavy atom. The standard InChI is InChI=1S/C19H11FN2/c20-14-6-3-4-11-10-16-18-13(17(11)14)8-9-21-19(18)12-5-1-2-7-15(12)22-16/h1-9H,10H2. The molecule has 2 aromatic heterocycles. The van der Waals surface area contributed by atoms with Crippen LogP contribution in [0.15, 0.2) is 54.7 Å². The lowest BCUT2D eigenvalue weighted by Gasteiger charge is -2.21. The molecule has 2 nitrogen and oxygen atoms in total. The number of pyridine rings is 2. The fourth-order valence-corrected chi connectivity index (χ4v) is 3.47. The smallest absolute Gasteiger partial charge is 0.131 e. The van der Waals surface area contributed by atoms with Gasteiger partial charge in [-0.25, -0.2) is 4.39 Å². The molecule has 0 radical (unpaired) electrons. The van der Waals surface area contributed by atoms with Crippen molar-refractivity contribution < 1.29 is 4.39 Å². The number of hydrogen-bond acceptors (Lipinski definition) is 2. The van der Waals surface area contributed by atoms with Crippen LogP contribution in [-0.4, -0.2) is 9.97 Å². The van der Waals surface area contributed by atoms with Gasteiger partial charge in [-0.2, -0.15) is 0 Å². The number of fused-ring (bicyclic) bond motifs is 4. The van der Waals surface area contributed by atoms with Gasteiger partial charge in [0.25, 0.3) is 0 Å². The minimum absolute atomic E-state index is 0.177. The quantitative estimate of drug-likeness (QED) is 0.392. The Balaban J connectivity index is 2.04. The number of para-hydroxylation sites is 1. The summed E-state index contributed by atoms with van der Waals surface area (Å²) in [5.41, 5.74) is 5.41. The minimum Gasteiger partial charge on any atom is -0.255 e. The molecule has 104 valence electrons. The monoisotopic (exact) mass is 286 g/mol. The third-order valence-corrected chi connectivity index (χ3v) is 4.38. The Bertz CT molecular complexity index is 1070. The first-order valence-electron chi connectivity index (χ1n) is 7.27. The summed E-state index contributed by atoms with van der Waals surface area (Å²) in [6, 6.07) is 15.1. The van der Waals surface area contributed by atoms with Crippen LogP contribution in [0.1, 0.15) is 11.3 Å². The van der Waals surface area contributed by atoms with Gasteiger partial charge < -0.3 is 0 Å². The maximum absolute atomic E-state index is 14.4. The average molecular weight is 286 g/mol. The molecule has 0 saturated carbocycles. The van der Waals surface area contributed by atoms with E-state index in [-0.39, 0.29) is 5.82 Å². The van der Waals surface area contributed by atoms with Crippen LogP contribution in [0.4, 0.5) is 4.39 Å². The third kappa shape index (κ3) is 1.43. The second kappa shape index (κ2) is 4.10. The maximum Gasteiger partial charge on any atom is 0.131 e. The van der Waals surface area contributed by atoms with Crippen molar-refractivity contribution in [3.8, 4) is 11.1 Å². The fraction of sp³-hybridized carbons (Fsp3) is 0.0526. The van der Waals surface area contributed by atoms with Gasteiger partial charge >= 0.3 is 0 Å². The Labute approximate surface area is 126 Å². The van der Waals surface area contributed by atoms with Gasteiger partial charge in [0, 0.05) is 29.0 Å². The molecule has 0 atom stereocenters. The van der Waals surface area contributed by atoms with Crippen molar-refractivity contribution in [2.75, 3.05) is 0 Å². The molecule has 3 heteroatoms. The van der Waals surface area contributed by atoms with Gasteiger partial charge in [-0.05, 0) is 29.3 Å². The van der Waals surface area contributed by atoms with Gasteiger partial charge in [-0.1, -0.05) is 30.3 Å². The topological polar surface area (TPSA) is 25.8 Å². The lowest BCUT2D eigenvalue weighted by molar-refractivity contribution is 0.629. The first kappa shape index (κ1) is 11.8. The van der Waals surface area contributed by atoms with Gasteiger partial charge in [0.2, 0.25) is 0 Å². The molecule has 0 N–H and O–H groups in total. The van der Waals surface area contributed by atoms with Crippen molar-refractivity contribution in [3.63, 3.8) is 0 Å². The van der Waals surface area contributed by atoms with Crippen LogP contribution in [0, 0.1) is 5.82 Å². The lowest BCUT2D eigenvalue weighted by atomic mass is 9.86. The summed E-state index contributed by atoms with van der Waals surface area (Å²) in [5.74, 6) is -0.177. The summed E-state index contributed by atoms with van der Waals surface area (Å²) < 4.78 is 14.4. The molecule has 0 amide bonds. The fourth-order valence-electron chi connectivity index (χ4n) is 3.47. The van der Waals surface area contributed by atoms with E-state index < -0.39 is 0 Å². The van der Waals surface area contributed by atoms with E-state index >= 15 is 0 Å². The molecule has 22 heavy (non-hydrogen) atoms. The van der Waals surface area contributed by atoms with Crippen LogP contribution in [0.5, 0.6) is 0 Å². The average Bonchev–Trinajstić information content (AvgIpc) is 2.55. The molecule has 5 rings (SSSR count). The number of nitrogens with zero attached hydrogens (tertiary/aromatic N) is 2. The molecule has 0 unspecified atom stereocenters. The Hall–Kier alpha value is -2.81.